The summed E-state index contributed by atoms with van der Waals surface area (Å²) < 4.78 is 24.5. The summed E-state index contributed by atoms with van der Waals surface area (Å²) in [7, 11) is -6.19. The summed E-state index contributed by atoms with van der Waals surface area (Å²) in [6.45, 7) is 24.8. The molecule has 0 aliphatic rings. The van der Waals surface area contributed by atoms with Gasteiger partial charge in [0, 0.05) is 30.1 Å². The highest BCUT2D eigenvalue weighted by atomic mass is 28.5. The van der Waals surface area contributed by atoms with Crippen LogP contribution in [-0.4, -0.2) is 82.1 Å². The molecule has 0 bridgehead atoms. The topological polar surface area (TPSA) is 186 Å². The molecule has 0 spiro atoms. The fourth-order valence-electron chi connectivity index (χ4n) is 6.76. The first-order chi connectivity index (χ1) is 28.3. The van der Waals surface area contributed by atoms with Crippen molar-refractivity contribution in [1.82, 2.24) is 15.0 Å². The van der Waals surface area contributed by atoms with Crippen molar-refractivity contribution in [3.63, 3.8) is 0 Å². The van der Waals surface area contributed by atoms with Gasteiger partial charge >= 0.3 is 20.5 Å². The molecule has 17 heteroatoms. The highest BCUT2D eigenvalue weighted by molar-refractivity contribution is 6.87. The number of hydrogen-bond donors (Lipinski definition) is 5. The van der Waals surface area contributed by atoms with Crippen LogP contribution >= 0.6 is 0 Å². The highest BCUT2D eigenvalue weighted by Crippen LogP contribution is 2.29. The minimum Gasteiger partial charge on any atom is -0.507 e. The van der Waals surface area contributed by atoms with Crippen molar-refractivity contribution in [2.24, 2.45) is 11.8 Å². The number of rotatable bonds is 27. The van der Waals surface area contributed by atoms with Crippen molar-refractivity contribution < 1.29 is 37.5 Å². The third-order valence-corrected chi connectivity index (χ3v) is 19.3. The summed E-state index contributed by atoms with van der Waals surface area (Å²) in [5.41, 5.74) is 0.977. The number of esters is 2. The molecule has 1 aromatic heterocycles. The molecule has 334 valence electrons. The van der Waals surface area contributed by atoms with Gasteiger partial charge in [-0.25, -0.2) is 9.59 Å². The van der Waals surface area contributed by atoms with E-state index in [2.05, 4.69) is 104 Å². The van der Waals surface area contributed by atoms with Gasteiger partial charge in [0.05, 0.1) is 13.2 Å². The number of ether oxygens (including phenoxy) is 2. The number of nitrogens with one attached hydrogen (secondary N) is 3. The number of anilines is 5. The number of phenolic OH excluding ortho intramolecular Hbond substituents is 2. The van der Waals surface area contributed by atoms with Crippen LogP contribution in [0.15, 0.2) is 36.4 Å². The van der Waals surface area contributed by atoms with E-state index in [4.69, 9.17) is 17.7 Å². The lowest BCUT2D eigenvalue weighted by atomic mass is 10.0. The minimum absolute atomic E-state index is 0.0619. The van der Waals surface area contributed by atoms with Crippen LogP contribution in [0.25, 0.3) is 0 Å². The Hall–Kier alpha value is -4.04. The van der Waals surface area contributed by atoms with Gasteiger partial charge in [-0.2, -0.15) is 15.0 Å². The van der Waals surface area contributed by atoms with Crippen molar-refractivity contribution in [1.29, 1.82) is 0 Å². The maximum absolute atomic E-state index is 12.9. The molecule has 60 heavy (non-hydrogen) atoms. The van der Waals surface area contributed by atoms with Crippen LogP contribution in [0, 0.1) is 11.8 Å². The fraction of sp³-hybridized carbons (Fsp3) is 0.605. The van der Waals surface area contributed by atoms with Crippen molar-refractivity contribution >= 4 is 66.4 Å². The Balaban J connectivity index is 1.83. The number of benzene rings is 2. The zero-order valence-corrected chi connectivity index (χ0v) is 41.0. The first-order valence-corrected chi connectivity index (χ1v) is 31.1. The number of carbonyl (C=O) groups excluding carboxylic acids is 2. The summed E-state index contributed by atoms with van der Waals surface area (Å²) in [5, 5.41) is 31.3. The predicted molar refractivity (Wildman–Crippen MR) is 248 cm³/mol. The van der Waals surface area contributed by atoms with Gasteiger partial charge in [0.1, 0.15) is 22.6 Å². The molecule has 0 saturated carbocycles. The lowest BCUT2D eigenvalue weighted by Gasteiger charge is -2.38. The number of carbonyl (C=O) groups is 2. The lowest BCUT2D eigenvalue weighted by Crippen LogP contribution is -2.52. The van der Waals surface area contributed by atoms with E-state index in [-0.39, 0.29) is 52.3 Å². The SMILES string of the molecule is CCCCC(CC)COC(=O)c1ccc(Nc2nc(NCCC[Si](C)(O[Si](C)(C)C)O[Si](C)(C)C)nc(Nc3ccc(C(=O)OCC(CC)CCCC)c(O)c3)n2)cc1O. The van der Waals surface area contributed by atoms with Gasteiger partial charge in [-0.15, -0.1) is 0 Å². The summed E-state index contributed by atoms with van der Waals surface area (Å²) >= 11 is 0. The van der Waals surface area contributed by atoms with Crippen LogP contribution in [0.3, 0.4) is 0 Å². The summed E-state index contributed by atoms with van der Waals surface area (Å²) in [6, 6.07) is 9.90. The van der Waals surface area contributed by atoms with E-state index in [1.807, 2.05) is 0 Å². The number of hydrogen-bond acceptors (Lipinski definition) is 14. The number of aromatic hydroxyl groups is 2. The van der Waals surface area contributed by atoms with Crippen molar-refractivity contribution in [2.45, 2.75) is 137 Å². The van der Waals surface area contributed by atoms with E-state index in [1.54, 1.807) is 12.1 Å². The van der Waals surface area contributed by atoms with Crippen LogP contribution < -0.4 is 16.0 Å². The molecule has 5 N–H and O–H groups in total. The Morgan fingerprint density at radius 3 is 1.42 bits per heavy atom. The number of nitrogens with zero attached hydrogens (tertiary/aromatic N) is 3. The molecule has 3 aromatic rings. The monoisotopic (exact) mass is 884 g/mol. The molecule has 0 saturated heterocycles. The van der Waals surface area contributed by atoms with Gasteiger partial charge in [-0.3, -0.25) is 0 Å². The van der Waals surface area contributed by atoms with Gasteiger partial charge in [0.25, 0.3) is 0 Å². The van der Waals surface area contributed by atoms with Crippen molar-refractivity contribution in [2.75, 3.05) is 35.7 Å². The van der Waals surface area contributed by atoms with Crippen LogP contribution in [0.4, 0.5) is 29.2 Å². The van der Waals surface area contributed by atoms with Crippen LogP contribution in [-0.2, 0) is 17.7 Å². The Morgan fingerprint density at radius 2 is 1.05 bits per heavy atom. The minimum atomic E-state index is -2.46. The Morgan fingerprint density at radius 1 is 0.633 bits per heavy atom. The second-order valence-electron chi connectivity index (χ2n) is 17.6. The average molecular weight is 885 g/mol. The molecule has 0 aliphatic heterocycles. The second-order valence-corrected chi connectivity index (χ2v) is 30.5. The molecule has 1 heterocycles. The highest BCUT2D eigenvalue weighted by Gasteiger charge is 2.39. The molecule has 14 nitrogen and oxygen atoms in total. The summed E-state index contributed by atoms with van der Waals surface area (Å²) in [5.74, 6) is -0.559. The first kappa shape index (κ1) is 50.3. The van der Waals surface area contributed by atoms with Gasteiger partial charge in [-0.1, -0.05) is 66.2 Å². The van der Waals surface area contributed by atoms with Crippen molar-refractivity contribution in [3.05, 3.63) is 47.5 Å². The molecule has 0 radical (unpaired) electrons. The zero-order valence-electron chi connectivity index (χ0n) is 38.0. The quantitative estimate of drug-likeness (QED) is 0.0276. The zero-order chi connectivity index (χ0) is 44.5. The van der Waals surface area contributed by atoms with E-state index in [9.17, 15) is 19.8 Å². The van der Waals surface area contributed by atoms with Gasteiger partial charge in [0.15, 0.2) is 16.6 Å². The first-order valence-electron chi connectivity index (χ1n) is 21.7. The van der Waals surface area contributed by atoms with E-state index in [0.717, 1.165) is 63.8 Å². The third kappa shape index (κ3) is 17.9. The van der Waals surface area contributed by atoms with Gasteiger partial charge < -0.3 is 43.9 Å². The molecular weight excluding hydrogens is 813 g/mol. The maximum atomic E-state index is 12.9. The standard InChI is InChI=1S/C43H72N6O8Si3/c1-12-16-19-31(14-3)29-54-39(52)35-23-21-33(27-37(35)50)45-42-47-41(44-25-18-26-60(11,56-58(5,6)7)57-59(8,9)10)48-43(49-42)46-34-22-24-36(38(51)28-34)40(53)55-30-32(15-4)20-17-13-2/h21-24,27-28,31-32,50-51H,12-20,25-26,29-30H2,1-11H3,(H3,44,45,46,47,48,49). The number of aromatic nitrogens is 3. The largest absolute Gasteiger partial charge is 0.507 e. The van der Waals surface area contributed by atoms with E-state index in [1.165, 1.54) is 24.3 Å². The average Bonchev–Trinajstić information content (AvgIpc) is 3.15. The molecule has 2 unspecified atom stereocenters. The third-order valence-electron chi connectivity index (χ3n) is 9.70. The van der Waals surface area contributed by atoms with Crippen LogP contribution in [0.2, 0.25) is 51.9 Å². The summed E-state index contributed by atoms with van der Waals surface area (Å²) in [6.07, 6.45) is 8.82. The lowest BCUT2D eigenvalue weighted by molar-refractivity contribution is 0.0416. The Labute approximate surface area is 361 Å². The summed E-state index contributed by atoms with van der Waals surface area (Å²) in [4.78, 5) is 39.6. The maximum Gasteiger partial charge on any atom is 0.341 e. The van der Waals surface area contributed by atoms with E-state index < -0.39 is 37.1 Å². The number of unbranched alkanes of at least 4 members (excludes halogenated alkanes) is 2. The smallest absolute Gasteiger partial charge is 0.341 e. The molecule has 2 atom stereocenters. The molecular formula is C43H72N6O8Si3. The predicted octanol–water partition coefficient (Wildman–Crippen LogP) is 11.1. The van der Waals surface area contributed by atoms with Gasteiger partial charge in [0.2, 0.25) is 17.8 Å². The van der Waals surface area contributed by atoms with Gasteiger partial charge in [-0.05, 0) is 107 Å². The fourth-order valence-corrected chi connectivity index (χ4v) is 19.3. The number of phenols is 2. The normalized spacial score (nSPS) is 13.1. The van der Waals surface area contributed by atoms with Crippen LogP contribution in [0.5, 0.6) is 11.5 Å². The van der Waals surface area contributed by atoms with E-state index in [0.29, 0.717) is 31.1 Å². The van der Waals surface area contributed by atoms with Crippen molar-refractivity contribution in [3.8, 4) is 11.5 Å². The Bertz CT molecular complexity index is 1710. The van der Waals surface area contributed by atoms with E-state index >= 15 is 0 Å². The van der Waals surface area contributed by atoms with Crippen LogP contribution in [0.1, 0.15) is 106 Å². The molecule has 0 aliphatic carbocycles. The molecule has 2 aromatic carbocycles. The molecule has 3 rings (SSSR count). The Kier molecular flexibility index (Phi) is 20.0. The second kappa shape index (κ2) is 23.8. The molecule has 0 fully saturated rings. The molecule has 0 amide bonds.